The van der Waals surface area contributed by atoms with E-state index in [1.807, 2.05) is 54.6 Å². The molecule has 0 aliphatic heterocycles. The number of hydrogen-bond acceptors (Lipinski definition) is 5. The summed E-state index contributed by atoms with van der Waals surface area (Å²) in [6.45, 7) is 0. The number of fused-ring (bicyclic) bond motifs is 1. The highest BCUT2D eigenvalue weighted by Crippen LogP contribution is 2.42. The van der Waals surface area contributed by atoms with Gasteiger partial charge < -0.3 is 10.4 Å². The first-order chi connectivity index (χ1) is 16.2. The van der Waals surface area contributed by atoms with Gasteiger partial charge in [-0.1, -0.05) is 54.6 Å². The normalized spacial score (nSPS) is 15.0. The van der Waals surface area contributed by atoms with E-state index in [-0.39, 0.29) is 5.82 Å². The van der Waals surface area contributed by atoms with Crippen molar-refractivity contribution in [2.24, 2.45) is 0 Å². The fourth-order valence-electron chi connectivity index (χ4n) is 4.40. The number of aromatic nitrogens is 3. The summed E-state index contributed by atoms with van der Waals surface area (Å²) in [5.74, 6) is 0.193. The molecule has 2 aromatic heterocycles. The van der Waals surface area contributed by atoms with Gasteiger partial charge in [-0.2, -0.15) is 0 Å². The first kappa shape index (κ1) is 21.9. The minimum absolute atomic E-state index is 0.193. The first-order valence-corrected chi connectivity index (χ1v) is 12.7. The second kappa shape index (κ2) is 8.14. The van der Waals surface area contributed by atoms with Crippen LogP contribution in [0.3, 0.4) is 0 Å². The van der Waals surface area contributed by atoms with Crippen molar-refractivity contribution in [3.8, 4) is 22.5 Å². The summed E-state index contributed by atoms with van der Waals surface area (Å²) < 4.78 is 27.5. The van der Waals surface area contributed by atoms with Gasteiger partial charge in [0.05, 0.1) is 17.5 Å². The number of benzene rings is 2. The van der Waals surface area contributed by atoms with Crippen LogP contribution in [0.15, 0.2) is 66.7 Å². The van der Waals surface area contributed by atoms with E-state index in [1.54, 1.807) is 16.6 Å². The summed E-state index contributed by atoms with van der Waals surface area (Å²) in [5, 5.41) is 16.4. The molecule has 0 bridgehead atoms. The molecule has 5 rings (SSSR count). The number of hydrogen-bond donors (Lipinski definition) is 3. The Labute approximate surface area is 196 Å². The second-order valence-corrected chi connectivity index (χ2v) is 10.2. The molecule has 0 atom stereocenters. The van der Waals surface area contributed by atoms with E-state index in [0.29, 0.717) is 11.3 Å². The minimum Gasteiger partial charge on any atom is -0.465 e. The van der Waals surface area contributed by atoms with Crippen LogP contribution in [-0.4, -0.2) is 40.5 Å². The van der Waals surface area contributed by atoms with Crippen molar-refractivity contribution >= 4 is 27.6 Å². The van der Waals surface area contributed by atoms with Crippen molar-refractivity contribution < 1.29 is 18.3 Å². The highest BCUT2D eigenvalue weighted by molar-refractivity contribution is 7.92. The molecule has 1 aliphatic carbocycles. The van der Waals surface area contributed by atoms with Gasteiger partial charge in [0.15, 0.2) is 11.5 Å². The molecule has 0 saturated heterocycles. The Bertz CT molecular complexity index is 1480. The van der Waals surface area contributed by atoms with Crippen molar-refractivity contribution in [2.75, 3.05) is 11.0 Å². The average Bonchev–Trinajstić information content (AvgIpc) is 3.14. The lowest BCUT2D eigenvalue weighted by Crippen LogP contribution is -2.50. The Morgan fingerprint density at radius 3 is 2.29 bits per heavy atom. The molecule has 10 heteroatoms. The molecule has 1 saturated carbocycles. The van der Waals surface area contributed by atoms with E-state index in [4.69, 9.17) is 4.98 Å². The van der Waals surface area contributed by atoms with E-state index >= 15 is 0 Å². The Kier molecular flexibility index (Phi) is 5.24. The van der Waals surface area contributed by atoms with E-state index in [2.05, 4.69) is 15.1 Å². The maximum Gasteiger partial charge on any atom is 0.405 e. The summed E-state index contributed by atoms with van der Waals surface area (Å²) in [6.07, 6.45) is 2.55. The van der Waals surface area contributed by atoms with Gasteiger partial charge in [-0.25, -0.2) is 22.7 Å². The van der Waals surface area contributed by atoms with Gasteiger partial charge in [0.2, 0.25) is 10.0 Å². The topological polar surface area (TPSA) is 126 Å². The number of carbonyl (C=O) groups is 1. The minimum atomic E-state index is -3.49. The predicted molar refractivity (Wildman–Crippen MR) is 129 cm³/mol. The quantitative estimate of drug-likeness (QED) is 0.384. The zero-order chi connectivity index (χ0) is 23.9. The molecule has 4 aromatic rings. The highest BCUT2D eigenvalue weighted by Gasteiger charge is 2.40. The Morgan fingerprint density at radius 1 is 1.00 bits per heavy atom. The zero-order valence-corrected chi connectivity index (χ0v) is 19.2. The van der Waals surface area contributed by atoms with E-state index < -0.39 is 21.7 Å². The van der Waals surface area contributed by atoms with Crippen molar-refractivity contribution in [1.29, 1.82) is 0 Å². The predicted octanol–water partition coefficient (Wildman–Crippen LogP) is 4.08. The molecule has 0 spiro atoms. The Morgan fingerprint density at radius 2 is 1.71 bits per heavy atom. The number of nitrogens with one attached hydrogen (secondary N) is 2. The molecule has 0 unspecified atom stereocenters. The lowest BCUT2D eigenvalue weighted by Gasteiger charge is -2.42. The molecule has 3 N–H and O–H groups in total. The fourth-order valence-corrected chi connectivity index (χ4v) is 4.89. The molecule has 34 heavy (non-hydrogen) atoms. The van der Waals surface area contributed by atoms with Crippen LogP contribution in [0.2, 0.25) is 0 Å². The number of carboxylic acid groups (broad SMARTS) is 1. The van der Waals surface area contributed by atoms with Crippen molar-refractivity contribution in [3.05, 3.63) is 72.3 Å². The van der Waals surface area contributed by atoms with Crippen molar-refractivity contribution in [3.63, 3.8) is 0 Å². The molecule has 1 amide bonds. The zero-order valence-electron chi connectivity index (χ0n) is 18.4. The molecule has 1 fully saturated rings. The maximum absolute atomic E-state index is 11.7. The van der Waals surface area contributed by atoms with Gasteiger partial charge in [0, 0.05) is 11.1 Å². The molecule has 174 valence electrons. The number of imidazole rings is 1. The average molecular weight is 478 g/mol. The van der Waals surface area contributed by atoms with Gasteiger partial charge in [-0.15, -0.1) is 5.10 Å². The van der Waals surface area contributed by atoms with Crippen LogP contribution in [0.1, 0.15) is 24.8 Å². The SMILES string of the molecule is CS(=O)(=O)Nc1ccc2nc(-c3ccc(C4(NC(=O)O)CCC4)cc3)c(-c3ccccc3)n2n1. The maximum atomic E-state index is 11.7. The number of rotatable bonds is 6. The summed E-state index contributed by atoms with van der Waals surface area (Å²) in [4.78, 5) is 16.1. The molecule has 1 aliphatic rings. The van der Waals surface area contributed by atoms with Crippen molar-refractivity contribution in [1.82, 2.24) is 19.9 Å². The number of sulfonamides is 1. The molecule has 9 nitrogen and oxygen atoms in total. The monoisotopic (exact) mass is 477 g/mol. The van der Waals surface area contributed by atoms with Crippen LogP contribution in [0.4, 0.5) is 10.6 Å². The van der Waals surface area contributed by atoms with E-state index in [0.717, 1.165) is 47.9 Å². The second-order valence-electron chi connectivity index (χ2n) is 8.48. The third-order valence-corrected chi connectivity index (χ3v) is 6.66. The van der Waals surface area contributed by atoms with Gasteiger partial charge in [0.1, 0.15) is 5.69 Å². The van der Waals surface area contributed by atoms with Gasteiger partial charge in [0.25, 0.3) is 0 Å². The van der Waals surface area contributed by atoms with E-state index in [9.17, 15) is 18.3 Å². The third-order valence-electron chi connectivity index (χ3n) is 6.08. The molecular formula is C24H23N5O4S. The highest BCUT2D eigenvalue weighted by atomic mass is 32.2. The molecule has 2 heterocycles. The van der Waals surface area contributed by atoms with Crippen LogP contribution >= 0.6 is 0 Å². The van der Waals surface area contributed by atoms with Crippen LogP contribution in [0.5, 0.6) is 0 Å². The first-order valence-electron chi connectivity index (χ1n) is 10.8. The Balaban J connectivity index is 1.62. The largest absolute Gasteiger partial charge is 0.465 e. The van der Waals surface area contributed by atoms with E-state index in [1.165, 1.54) is 0 Å². The number of anilines is 1. The molecular weight excluding hydrogens is 454 g/mol. The lowest BCUT2D eigenvalue weighted by molar-refractivity contribution is 0.144. The van der Waals surface area contributed by atoms with Crippen LogP contribution < -0.4 is 10.0 Å². The van der Waals surface area contributed by atoms with Crippen molar-refractivity contribution in [2.45, 2.75) is 24.8 Å². The lowest BCUT2D eigenvalue weighted by atomic mass is 9.72. The molecule has 2 aromatic carbocycles. The standard InChI is InChI=1S/C24H23N5O4S/c1-34(32,33)28-19-12-13-20-25-21(22(29(20)27-19)17-6-3-2-4-7-17)16-8-10-18(11-9-16)24(14-5-15-24)26-23(30)31/h2-4,6-13,26H,5,14-15H2,1H3,(H,27,28)(H,30,31). The number of amides is 1. The smallest absolute Gasteiger partial charge is 0.405 e. The van der Waals surface area contributed by atoms with Crippen LogP contribution in [0.25, 0.3) is 28.2 Å². The summed E-state index contributed by atoms with van der Waals surface area (Å²) in [7, 11) is -3.49. The van der Waals surface area contributed by atoms with Gasteiger partial charge in [-0.3, -0.25) is 4.72 Å². The van der Waals surface area contributed by atoms with Gasteiger partial charge in [-0.05, 0) is 37.0 Å². The van der Waals surface area contributed by atoms with Crippen LogP contribution in [0, 0.1) is 0 Å². The number of nitrogens with zero attached hydrogens (tertiary/aromatic N) is 3. The summed E-state index contributed by atoms with van der Waals surface area (Å²) in [6, 6.07) is 20.7. The third kappa shape index (κ3) is 4.08. The van der Waals surface area contributed by atoms with Gasteiger partial charge >= 0.3 is 6.09 Å². The van der Waals surface area contributed by atoms with Crippen LogP contribution in [-0.2, 0) is 15.6 Å². The molecule has 0 radical (unpaired) electrons. The fraction of sp³-hybridized carbons (Fsp3) is 0.208. The summed E-state index contributed by atoms with van der Waals surface area (Å²) >= 11 is 0. The Hall–Kier alpha value is -3.92. The summed E-state index contributed by atoms with van der Waals surface area (Å²) in [5.41, 5.74) is 4.08.